The Balaban J connectivity index is 2.75. The van der Waals surface area contributed by atoms with Crippen molar-refractivity contribution in [2.24, 2.45) is 0 Å². The molecule has 0 aliphatic heterocycles. The van der Waals surface area contributed by atoms with Crippen molar-refractivity contribution < 1.29 is 13.6 Å². The Hall–Kier alpha value is -0.630. The summed E-state index contributed by atoms with van der Waals surface area (Å²) in [6.07, 6.45) is 1.35. The van der Waals surface area contributed by atoms with Gasteiger partial charge < -0.3 is 9.05 Å². The minimum Gasteiger partial charge on any atom is -0.309 e. The topological polar surface area (TPSA) is 35.5 Å². The lowest BCUT2D eigenvalue weighted by atomic mass is 10.1. The minimum absolute atomic E-state index is 0.346. The molecule has 0 fully saturated rings. The zero-order valence-electron chi connectivity index (χ0n) is 10.8. The van der Waals surface area contributed by atoms with Gasteiger partial charge in [0.2, 0.25) is 0 Å². The van der Waals surface area contributed by atoms with Crippen LogP contribution in [0.15, 0.2) is 24.3 Å². The molecule has 0 unspecified atom stereocenters. The second kappa shape index (κ2) is 6.95. The molecular weight excluding hydrogens is 235 g/mol. The summed E-state index contributed by atoms with van der Waals surface area (Å²) in [5.74, 6) is 0. The van der Waals surface area contributed by atoms with E-state index < -0.39 is 7.60 Å². The van der Waals surface area contributed by atoms with Crippen LogP contribution in [0.1, 0.15) is 31.9 Å². The average Bonchev–Trinajstić information content (AvgIpc) is 2.30. The predicted molar refractivity (Wildman–Crippen MR) is 70.4 cm³/mol. The van der Waals surface area contributed by atoms with Crippen molar-refractivity contribution in [3.63, 3.8) is 0 Å². The average molecular weight is 256 g/mol. The number of hydrogen-bond acceptors (Lipinski definition) is 3. The number of hydrogen-bond donors (Lipinski definition) is 0. The molecule has 1 rings (SSSR count). The van der Waals surface area contributed by atoms with E-state index in [4.69, 9.17) is 9.05 Å². The fourth-order valence-corrected chi connectivity index (χ4v) is 3.33. The van der Waals surface area contributed by atoms with E-state index in [1.165, 1.54) is 5.56 Å². The maximum Gasteiger partial charge on any atom is 0.335 e. The third-order valence-electron chi connectivity index (χ3n) is 2.46. The third-order valence-corrected chi connectivity index (χ3v) is 4.51. The van der Waals surface area contributed by atoms with Crippen LogP contribution in [0.5, 0.6) is 0 Å². The van der Waals surface area contributed by atoms with E-state index in [9.17, 15) is 4.57 Å². The summed E-state index contributed by atoms with van der Waals surface area (Å²) in [5.41, 5.74) is 2.27. The molecule has 0 heterocycles. The van der Waals surface area contributed by atoms with Gasteiger partial charge in [-0.25, -0.2) is 0 Å². The lowest BCUT2D eigenvalue weighted by Crippen LogP contribution is -1.99. The minimum atomic E-state index is -2.96. The van der Waals surface area contributed by atoms with Crippen LogP contribution >= 0.6 is 7.60 Å². The summed E-state index contributed by atoms with van der Waals surface area (Å²) < 4.78 is 22.8. The second-order valence-corrected chi connectivity index (χ2v) is 5.83. The van der Waals surface area contributed by atoms with Gasteiger partial charge in [0, 0.05) is 0 Å². The Morgan fingerprint density at radius 3 is 1.82 bits per heavy atom. The Morgan fingerprint density at radius 1 is 0.941 bits per heavy atom. The molecule has 0 aromatic heterocycles. The van der Waals surface area contributed by atoms with Gasteiger partial charge in [-0.05, 0) is 31.4 Å². The Labute approximate surface area is 104 Å². The molecule has 0 amide bonds. The Kier molecular flexibility index (Phi) is 5.90. The third kappa shape index (κ3) is 4.63. The summed E-state index contributed by atoms with van der Waals surface area (Å²) in [4.78, 5) is 0. The second-order valence-electron chi connectivity index (χ2n) is 3.77. The Bertz CT molecular complexity index is 363. The van der Waals surface area contributed by atoms with Crippen LogP contribution in [-0.4, -0.2) is 13.2 Å². The molecule has 0 saturated heterocycles. The normalized spacial score (nSPS) is 11.7. The SMILES string of the molecule is CCOP(=O)(Cc1ccc(CC)cc1)OCC. The lowest BCUT2D eigenvalue weighted by molar-refractivity contribution is 0.219. The number of aryl methyl sites for hydroxylation is 1. The molecule has 0 saturated carbocycles. The van der Waals surface area contributed by atoms with Gasteiger partial charge in [0.15, 0.2) is 0 Å². The van der Waals surface area contributed by atoms with Gasteiger partial charge >= 0.3 is 7.60 Å². The highest BCUT2D eigenvalue weighted by atomic mass is 31.2. The van der Waals surface area contributed by atoms with E-state index in [0.29, 0.717) is 19.4 Å². The monoisotopic (exact) mass is 256 g/mol. The molecule has 0 aliphatic rings. The quantitative estimate of drug-likeness (QED) is 0.691. The van der Waals surface area contributed by atoms with Crippen molar-refractivity contribution in [3.8, 4) is 0 Å². The van der Waals surface area contributed by atoms with E-state index in [0.717, 1.165) is 12.0 Å². The highest BCUT2D eigenvalue weighted by molar-refractivity contribution is 7.53. The van der Waals surface area contributed by atoms with Gasteiger partial charge in [0.05, 0.1) is 19.4 Å². The van der Waals surface area contributed by atoms with E-state index in [1.807, 2.05) is 26.0 Å². The zero-order valence-corrected chi connectivity index (χ0v) is 11.7. The van der Waals surface area contributed by atoms with Crippen molar-refractivity contribution in [3.05, 3.63) is 35.4 Å². The van der Waals surface area contributed by atoms with Crippen LogP contribution in [0.2, 0.25) is 0 Å². The van der Waals surface area contributed by atoms with Crippen molar-refractivity contribution >= 4 is 7.60 Å². The first-order valence-electron chi connectivity index (χ1n) is 6.09. The van der Waals surface area contributed by atoms with Crippen LogP contribution in [0.3, 0.4) is 0 Å². The largest absolute Gasteiger partial charge is 0.335 e. The summed E-state index contributed by atoms with van der Waals surface area (Å²) >= 11 is 0. The van der Waals surface area contributed by atoms with E-state index in [1.54, 1.807) is 0 Å². The fourth-order valence-electron chi connectivity index (χ4n) is 1.63. The maximum absolute atomic E-state index is 12.3. The molecule has 3 nitrogen and oxygen atoms in total. The van der Waals surface area contributed by atoms with Gasteiger partial charge in [-0.2, -0.15) is 0 Å². The van der Waals surface area contributed by atoms with Crippen molar-refractivity contribution in [1.82, 2.24) is 0 Å². The first-order chi connectivity index (χ1) is 8.13. The molecule has 0 atom stereocenters. The van der Waals surface area contributed by atoms with Crippen molar-refractivity contribution in [2.45, 2.75) is 33.4 Å². The molecule has 0 aliphatic carbocycles. The highest BCUT2D eigenvalue weighted by Gasteiger charge is 2.23. The van der Waals surface area contributed by atoms with Gasteiger partial charge in [0.25, 0.3) is 0 Å². The van der Waals surface area contributed by atoms with Gasteiger partial charge in [0.1, 0.15) is 0 Å². The van der Waals surface area contributed by atoms with Crippen LogP contribution in [0, 0.1) is 0 Å². The number of benzene rings is 1. The molecular formula is C13H21O3P. The standard InChI is InChI=1S/C13H21O3P/c1-4-12-7-9-13(10-8-12)11-17(14,15-5-2)16-6-3/h7-10H,4-6,11H2,1-3H3. The summed E-state index contributed by atoms with van der Waals surface area (Å²) in [6, 6.07) is 8.09. The van der Waals surface area contributed by atoms with Gasteiger partial charge in [-0.1, -0.05) is 31.2 Å². The fraction of sp³-hybridized carbons (Fsp3) is 0.538. The first kappa shape index (κ1) is 14.4. The molecule has 17 heavy (non-hydrogen) atoms. The first-order valence-corrected chi connectivity index (χ1v) is 7.82. The van der Waals surface area contributed by atoms with Crippen LogP contribution in [0.4, 0.5) is 0 Å². The maximum atomic E-state index is 12.3. The van der Waals surface area contributed by atoms with Crippen molar-refractivity contribution in [1.29, 1.82) is 0 Å². The van der Waals surface area contributed by atoms with Gasteiger partial charge in [-0.15, -0.1) is 0 Å². The molecule has 0 radical (unpaired) electrons. The molecule has 0 bridgehead atoms. The van der Waals surface area contributed by atoms with Gasteiger partial charge in [-0.3, -0.25) is 4.57 Å². The molecule has 0 spiro atoms. The van der Waals surface area contributed by atoms with E-state index in [-0.39, 0.29) is 0 Å². The zero-order chi connectivity index (χ0) is 12.7. The van der Waals surface area contributed by atoms with E-state index >= 15 is 0 Å². The molecule has 4 heteroatoms. The lowest BCUT2D eigenvalue weighted by Gasteiger charge is -2.17. The van der Waals surface area contributed by atoms with Crippen LogP contribution in [-0.2, 0) is 26.2 Å². The number of rotatable bonds is 7. The molecule has 96 valence electrons. The summed E-state index contributed by atoms with van der Waals surface area (Å²) in [7, 11) is -2.96. The van der Waals surface area contributed by atoms with Crippen LogP contribution < -0.4 is 0 Å². The summed E-state index contributed by atoms with van der Waals surface area (Å²) in [5, 5.41) is 0. The molecule has 1 aromatic rings. The van der Waals surface area contributed by atoms with Crippen LogP contribution in [0.25, 0.3) is 0 Å². The van der Waals surface area contributed by atoms with E-state index in [2.05, 4.69) is 19.1 Å². The molecule has 1 aromatic carbocycles. The smallest absolute Gasteiger partial charge is 0.309 e. The van der Waals surface area contributed by atoms with Crippen molar-refractivity contribution in [2.75, 3.05) is 13.2 Å². The highest BCUT2D eigenvalue weighted by Crippen LogP contribution is 2.51. The summed E-state index contributed by atoms with van der Waals surface area (Å²) in [6.45, 7) is 6.58. The Morgan fingerprint density at radius 2 is 1.41 bits per heavy atom. The predicted octanol–water partition coefficient (Wildman–Crippen LogP) is 4.02. The molecule has 0 N–H and O–H groups in total.